The van der Waals surface area contributed by atoms with Crippen molar-refractivity contribution >= 4 is 10.0 Å². The SMILES string of the molecule is Cc1ccc(S(=O)(=O)NCF)cc1. The molecule has 72 valence electrons. The van der Waals surface area contributed by atoms with Crippen molar-refractivity contribution in [2.45, 2.75) is 11.8 Å². The summed E-state index contributed by atoms with van der Waals surface area (Å²) in [5, 5.41) is 0. The topological polar surface area (TPSA) is 46.2 Å². The molecule has 0 spiro atoms. The summed E-state index contributed by atoms with van der Waals surface area (Å²) in [6.45, 7) is 0.759. The van der Waals surface area contributed by atoms with Gasteiger partial charge < -0.3 is 0 Å². The molecule has 0 saturated heterocycles. The standard InChI is InChI=1S/C8H10FNO2S/c1-7-2-4-8(5-3-7)13(11,12)10-6-9/h2-5,10H,6H2,1H3. The minimum absolute atomic E-state index is 0.0794. The van der Waals surface area contributed by atoms with Crippen molar-refractivity contribution in [3.8, 4) is 0 Å². The fourth-order valence-electron chi connectivity index (χ4n) is 0.873. The molecule has 0 radical (unpaired) electrons. The summed E-state index contributed by atoms with van der Waals surface area (Å²) in [6.07, 6.45) is 0. The lowest BCUT2D eigenvalue weighted by Gasteiger charge is -2.02. The van der Waals surface area contributed by atoms with Crippen molar-refractivity contribution < 1.29 is 12.8 Å². The largest absolute Gasteiger partial charge is 0.242 e. The number of alkyl halides is 1. The molecule has 1 aromatic rings. The molecule has 0 bridgehead atoms. The molecule has 0 heterocycles. The maximum atomic E-state index is 11.8. The van der Waals surface area contributed by atoms with E-state index in [2.05, 4.69) is 0 Å². The number of hydrogen-bond acceptors (Lipinski definition) is 2. The average molecular weight is 203 g/mol. The molecule has 1 rings (SSSR count). The normalized spacial score (nSPS) is 11.5. The minimum atomic E-state index is -3.65. The lowest BCUT2D eigenvalue weighted by molar-refractivity contribution is 0.469. The Balaban J connectivity index is 3.02. The number of halogens is 1. The van der Waals surface area contributed by atoms with Gasteiger partial charge in [-0.05, 0) is 19.1 Å². The summed E-state index contributed by atoms with van der Waals surface area (Å²) in [7, 11) is -3.65. The Kier molecular flexibility index (Phi) is 3.00. The van der Waals surface area contributed by atoms with E-state index < -0.39 is 16.8 Å². The van der Waals surface area contributed by atoms with Gasteiger partial charge >= 0.3 is 0 Å². The van der Waals surface area contributed by atoms with Crippen molar-refractivity contribution in [2.24, 2.45) is 0 Å². The molecule has 3 nitrogen and oxygen atoms in total. The number of benzene rings is 1. The van der Waals surface area contributed by atoms with E-state index in [1.807, 2.05) is 6.92 Å². The van der Waals surface area contributed by atoms with Gasteiger partial charge in [0.05, 0.1) is 4.90 Å². The van der Waals surface area contributed by atoms with Crippen molar-refractivity contribution in [1.29, 1.82) is 0 Å². The zero-order chi connectivity index (χ0) is 9.90. The van der Waals surface area contributed by atoms with Crippen LogP contribution in [0.15, 0.2) is 29.2 Å². The number of rotatable bonds is 3. The van der Waals surface area contributed by atoms with Crippen LogP contribution in [0.4, 0.5) is 4.39 Å². The van der Waals surface area contributed by atoms with Crippen LogP contribution in [0.25, 0.3) is 0 Å². The van der Waals surface area contributed by atoms with E-state index in [1.54, 1.807) is 16.9 Å². The van der Waals surface area contributed by atoms with Crippen LogP contribution in [0.2, 0.25) is 0 Å². The van der Waals surface area contributed by atoms with Crippen LogP contribution >= 0.6 is 0 Å². The molecule has 1 aromatic carbocycles. The monoisotopic (exact) mass is 203 g/mol. The molecule has 0 aromatic heterocycles. The van der Waals surface area contributed by atoms with E-state index in [4.69, 9.17) is 0 Å². The first-order chi connectivity index (χ1) is 6.06. The van der Waals surface area contributed by atoms with Crippen LogP contribution in [-0.2, 0) is 10.0 Å². The van der Waals surface area contributed by atoms with Gasteiger partial charge in [-0.1, -0.05) is 17.7 Å². The van der Waals surface area contributed by atoms with Crippen molar-refractivity contribution in [3.63, 3.8) is 0 Å². The van der Waals surface area contributed by atoms with Gasteiger partial charge in [0.25, 0.3) is 0 Å². The Morgan fingerprint density at radius 1 is 1.31 bits per heavy atom. The van der Waals surface area contributed by atoms with Crippen molar-refractivity contribution in [1.82, 2.24) is 4.72 Å². The van der Waals surface area contributed by atoms with Gasteiger partial charge in [0.15, 0.2) is 6.80 Å². The Morgan fingerprint density at radius 3 is 2.31 bits per heavy atom. The highest BCUT2D eigenvalue weighted by molar-refractivity contribution is 7.89. The van der Waals surface area contributed by atoms with Crippen LogP contribution in [0.1, 0.15) is 5.56 Å². The number of aryl methyl sites for hydroxylation is 1. The summed E-state index contributed by atoms with van der Waals surface area (Å²) in [4.78, 5) is 0.0794. The molecule has 0 aliphatic rings. The van der Waals surface area contributed by atoms with E-state index in [-0.39, 0.29) is 4.90 Å². The van der Waals surface area contributed by atoms with Crippen LogP contribution in [-0.4, -0.2) is 15.2 Å². The molecule has 13 heavy (non-hydrogen) atoms. The predicted octanol–water partition coefficient (Wildman–Crippen LogP) is 1.20. The Labute approximate surface area is 76.6 Å². The summed E-state index contributed by atoms with van der Waals surface area (Å²) < 4.78 is 35.9. The molecule has 1 N–H and O–H groups in total. The van der Waals surface area contributed by atoms with Crippen LogP contribution in [0.5, 0.6) is 0 Å². The van der Waals surface area contributed by atoms with Gasteiger partial charge in [-0.2, -0.15) is 4.72 Å². The Bertz CT molecular complexity index is 372. The van der Waals surface area contributed by atoms with Crippen LogP contribution < -0.4 is 4.72 Å². The van der Waals surface area contributed by atoms with Gasteiger partial charge in [0.2, 0.25) is 10.0 Å². The highest BCUT2D eigenvalue weighted by Crippen LogP contribution is 2.09. The molecule has 0 aliphatic carbocycles. The number of sulfonamides is 1. The number of nitrogens with one attached hydrogen (secondary N) is 1. The second-order valence-corrected chi connectivity index (χ2v) is 4.36. The van der Waals surface area contributed by atoms with Crippen LogP contribution in [0.3, 0.4) is 0 Å². The van der Waals surface area contributed by atoms with E-state index in [0.29, 0.717) is 0 Å². The third kappa shape index (κ3) is 2.50. The second kappa shape index (κ2) is 3.85. The summed E-state index contributed by atoms with van der Waals surface area (Å²) in [5.74, 6) is 0. The fraction of sp³-hybridized carbons (Fsp3) is 0.250. The van der Waals surface area contributed by atoms with Crippen molar-refractivity contribution in [3.05, 3.63) is 29.8 Å². The summed E-state index contributed by atoms with van der Waals surface area (Å²) >= 11 is 0. The van der Waals surface area contributed by atoms with Gasteiger partial charge in [0, 0.05) is 0 Å². The van der Waals surface area contributed by atoms with Gasteiger partial charge in [0.1, 0.15) is 0 Å². The molecule has 0 aliphatic heterocycles. The molecular formula is C8H10FNO2S. The summed E-state index contributed by atoms with van der Waals surface area (Å²) in [5.41, 5.74) is 0.958. The maximum absolute atomic E-state index is 11.8. The Hall–Kier alpha value is -0.940. The smallest absolute Gasteiger partial charge is 0.233 e. The van der Waals surface area contributed by atoms with Crippen LogP contribution in [0, 0.1) is 6.92 Å². The minimum Gasteiger partial charge on any atom is -0.233 e. The molecule has 0 unspecified atom stereocenters. The molecule has 0 atom stereocenters. The van der Waals surface area contributed by atoms with E-state index in [1.165, 1.54) is 12.1 Å². The molecule has 5 heteroatoms. The van der Waals surface area contributed by atoms with Gasteiger partial charge in [-0.15, -0.1) is 0 Å². The lowest BCUT2D eigenvalue weighted by Crippen LogP contribution is -2.22. The third-order valence-corrected chi connectivity index (χ3v) is 2.96. The third-order valence-electron chi connectivity index (χ3n) is 1.58. The van der Waals surface area contributed by atoms with Gasteiger partial charge in [-0.3, -0.25) is 0 Å². The fourth-order valence-corrected chi connectivity index (χ4v) is 1.68. The zero-order valence-electron chi connectivity index (χ0n) is 7.12. The molecule has 0 saturated carbocycles. The first-order valence-electron chi connectivity index (χ1n) is 3.68. The highest BCUT2D eigenvalue weighted by atomic mass is 32.2. The van der Waals surface area contributed by atoms with E-state index in [9.17, 15) is 12.8 Å². The predicted molar refractivity (Wildman–Crippen MR) is 47.5 cm³/mol. The van der Waals surface area contributed by atoms with E-state index in [0.717, 1.165) is 5.56 Å². The summed E-state index contributed by atoms with van der Waals surface area (Å²) in [6, 6.07) is 6.19. The lowest BCUT2D eigenvalue weighted by atomic mass is 10.2. The molecular weight excluding hydrogens is 193 g/mol. The van der Waals surface area contributed by atoms with Crippen molar-refractivity contribution in [2.75, 3.05) is 6.80 Å². The first-order valence-corrected chi connectivity index (χ1v) is 5.17. The first kappa shape index (κ1) is 10.1. The highest BCUT2D eigenvalue weighted by Gasteiger charge is 2.11. The van der Waals surface area contributed by atoms with E-state index >= 15 is 0 Å². The second-order valence-electron chi connectivity index (χ2n) is 2.59. The Morgan fingerprint density at radius 2 is 1.85 bits per heavy atom. The maximum Gasteiger partial charge on any atom is 0.242 e. The molecule has 0 amide bonds. The zero-order valence-corrected chi connectivity index (χ0v) is 7.94. The van der Waals surface area contributed by atoms with Gasteiger partial charge in [-0.25, -0.2) is 12.8 Å². The molecule has 0 fully saturated rings. The average Bonchev–Trinajstić information content (AvgIpc) is 2.05. The number of hydrogen-bond donors (Lipinski definition) is 1. The quantitative estimate of drug-likeness (QED) is 0.750.